The third-order valence-electron chi connectivity index (χ3n) is 4.34. The molecule has 0 spiro atoms. The lowest BCUT2D eigenvalue weighted by Gasteiger charge is -2.19. The van der Waals surface area contributed by atoms with Crippen LogP contribution in [0.1, 0.15) is 48.9 Å². The van der Waals surface area contributed by atoms with E-state index in [-0.39, 0.29) is 5.91 Å². The van der Waals surface area contributed by atoms with E-state index in [1.807, 2.05) is 44.2 Å². The third-order valence-corrected chi connectivity index (χ3v) is 4.34. The lowest BCUT2D eigenvalue weighted by atomic mass is 9.98. The highest BCUT2D eigenvalue weighted by atomic mass is 16.5. The maximum atomic E-state index is 12.6. The Morgan fingerprint density at radius 2 is 1.67 bits per heavy atom. The molecule has 2 aromatic rings. The van der Waals surface area contributed by atoms with Crippen molar-refractivity contribution in [2.45, 2.75) is 53.6 Å². The van der Waals surface area contributed by atoms with Gasteiger partial charge in [-0.05, 0) is 68.0 Å². The predicted molar refractivity (Wildman–Crippen MR) is 99.9 cm³/mol. The molecular formula is C21H27NO2. The van der Waals surface area contributed by atoms with Crippen molar-refractivity contribution in [1.82, 2.24) is 0 Å². The number of anilines is 1. The van der Waals surface area contributed by atoms with Crippen molar-refractivity contribution in [2.75, 3.05) is 5.32 Å². The maximum Gasteiger partial charge on any atom is 0.265 e. The van der Waals surface area contributed by atoms with Gasteiger partial charge in [0.15, 0.2) is 6.10 Å². The quantitative estimate of drug-likeness (QED) is 0.826. The summed E-state index contributed by atoms with van der Waals surface area (Å²) < 4.78 is 5.81. The van der Waals surface area contributed by atoms with Crippen LogP contribution >= 0.6 is 0 Å². The molecule has 0 fully saturated rings. The predicted octanol–water partition coefficient (Wildman–Crippen LogP) is 5.14. The van der Waals surface area contributed by atoms with Crippen LogP contribution in [0.5, 0.6) is 5.75 Å². The first-order chi connectivity index (χ1) is 11.3. The van der Waals surface area contributed by atoms with Crippen LogP contribution in [0.3, 0.4) is 0 Å². The number of hydrogen-bond acceptors (Lipinski definition) is 2. The Kier molecular flexibility index (Phi) is 5.66. The third kappa shape index (κ3) is 4.16. The largest absolute Gasteiger partial charge is 0.481 e. The summed E-state index contributed by atoms with van der Waals surface area (Å²) in [6.45, 7) is 12.1. The second-order valence-electron chi connectivity index (χ2n) is 6.69. The Morgan fingerprint density at radius 3 is 2.29 bits per heavy atom. The number of carbonyl (C=O) groups is 1. The van der Waals surface area contributed by atoms with Gasteiger partial charge in [-0.2, -0.15) is 0 Å². The Bertz CT molecular complexity index is 735. The molecule has 0 heterocycles. The van der Waals surface area contributed by atoms with Crippen molar-refractivity contribution in [3.8, 4) is 5.75 Å². The van der Waals surface area contributed by atoms with Crippen LogP contribution in [0.2, 0.25) is 0 Å². The second-order valence-corrected chi connectivity index (χ2v) is 6.69. The van der Waals surface area contributed by atoms with E-state index in [1.54, 1.807) is 6.92 Å². The molecule has 0 radical (unpaired) electrons. The molecule has 0 aliphatic rings. The van der Waals surface area contributed by atoms with E-state index in [4.69, 9.17) is 4.74 Å². The molecule has 1 N–H and O–H groups in total. The first-order valence-electron chi connectivity index (χ1n) is 8.44. The van der Waals surface area contributed by atoms with Gasteiger partial charge in [0.2, 0.25) is 0 Å². The molecule has 2 rings (SSSR count). The van der Waals surface area contributed by atoms with Crippen LogP contribution in [0.25, 0.3) is 0 Å². The van der Waals surface area contributed by atoms with E-state index in [0.717, 1.165) is 28.1 Å². The molecular weight excluding hydrogens is 298 g/mol. The summed E-state index contributed by atoms with van der Waals surface area (Å²) in [5.41, 5.74) is 5.46. The molecule has 0 aliphatic carbocycles. The van der Waals surface area contributed by atoms with Gasteiger partial charge in [0.1, 0.15) is 5.75 Å². The standard InChI is InChI=1S/C21H27NO2/c1-13(2)19-9-7-8-15(4)20(19)22-21(23)17(6)24-18-11-10-14(3)16(5)12-18/h7-13,17H,1-6H3,(H,22,23). The summed E-state index contributed by atoms with van der Waals surface area (Å²) in [6.07, 6.45) is -0.563. The molecule has 0 aliphatic heterocycles. The molecule has 2 aromatic carbocycles. The summed E-state index contributed by atoms with van der Waals surface area (Å²) in [7, 11) is 0. The molecule has 1 amide bonds. The second kappa shape index (κ2) is 7.52. The number of nitrogens with one attached hydrogen (secondary N) is 1. The van der Waals surface area contributed by atoms with Crippen molar-refractivity contribution >= 4 is 11.6 Å². The monoisotopic (exact) mass is 325 g/mol. The van der Waals surface area contributed by atoms with Gasteiger partial charge in [-0.1, -0.05) is 38.1 Å². The van der Waals surface area contributed by atoms with Crippen molar-refractivity contribution in [2.24, 2.45) is 0 Å². The van der Waals surface area contributed by atoms with E-state index < -0.39 is 6.10 Å². The molecule has 3 heteroatoms. The van der Waals surface area contributed by atoms with Crippen LogP contribution in [0.4, 0.5) is 5.69 Å². The smallest absolute Gasteiger partial charge is 0.265 e. The lowest BCUT2D eigenvalue weighted by Crippen LogP contribution is -2.30. The maximum absolute atomic E-state index is 12.6. The van der Waals surface area contributed by atoms with Crippen molar-refractivity contribution in [3.63, 3.8) is 0 Å². The molecule has 3 nitrogen and oxygen atoms in total. The number of aryl methyl sites for hydroxylation is 3. The van der Waals surface area contributed by atoms with Crippen molar-refractivity contribution in [3.05, 3.63) is 58.7 Å². The number of hydrogen-bond donors (Lipinski definition) is 1. The van der Waals surface area contributed by atoms with Crippen LogP contribution < -0.4 is 10.1 Å². The minimum atomic E-state index is -0.563. The minimum absolute atomic E-state index is 0.135. The fraction of sp³-hybridized carbons (Fsp3) is 0.381. The minimum Gasteiger partial charge on any atom is -0.481 e. The van der Waals surface area contributed by atoms with Crippen molar-refractivity contribution < 1.29 is 9.53 Å². The Hall–Kier alpha value is -2.29. The topological polar surface area (TPSA) is 38.3 Å². The summed E-state index contributed by atoms with van der Waals surface area (Å²) in [5.74, 6) is 0.926. The fourth-order valence-electron chi connectivity index (χ4n) is 2.61. The van der Waals surface area contributed by atoms with Crippen molar-refractivity contribution in [1.29, 1.82) is 0 Å². The highest BCUT2D eigenvalue weighted by molar-refractivity contribution is 5.95. The SMILES string of the molecule is Cc1ccc(OC(C)C(=O)Nc2c(C)cccc2C(C)C)cc1C. The van der Waals surface area contributed by atoms with Crippen LogP contribution in [0, 0.1) is 20.8 Å². The zero-order valence-electron chi connectivity index (χ0n) is 15.4. The first kappa shape index (κ1) is 18.1. The van der Waals surface area contributed by atoms with Gasteiger partial charge in [-0.3, -0.25) is 4.79 Å². The van der Waals surface area contributed by atoms with Gasteiger partial charge in [-0.15, -0.1) is 0 Å². The van der Waals surface area contributed by atoms with Crippen LogP contribution in [-0.2, 0) is 4.79 Å². The van der Waals surface area contributed by atoms with Gasteiger partial charge >= 0.3 is 0 Å². The van der Waals surface area contributed by atoms with E-state index in [9.17, 15) is 4.79 Å². The fourth-order valence-corrected chi connectivity index (χ4v) is 2.61. The van der Waals surface area contributed by atoms with Gasteiger partial charge in [0.25, 0.3) is 5.91 Å². The highest BCUT2D eigenvalue weighted by Gasteiger charge is 2.18. The number of benzene rings is 2. The Labute approximate surface area is 145 Å². The summed E-state index contributed by atoms with van der Waals surface area (Å²) in [4.78, 5) is 12.6. The average molecular weight is 325 g/mol. The molecule has 1 unspecified atom stereocenters. The number of rotatable bonds is 5. The van der Waals surface area contributed by atoms with Gasteiger partial charge in [0, 0.05) is 5.69 Å². The lowest BCUT2D eigenvalue weighted by molar-refractivity contribution is -0.122. The molecule has 0 saturated carbocycles. The van der Waals surface area contributed by atoms with Crippen LogP contribution in [-0.4, -0.2) is 12.0 Å². The van der Waals surface area contributed by atoms with Gasteiger partial charge in [-0.25, -0.2) is 0 Å². The summed E-state index contributed by atoms with van der Waals surface area (Å²) in [5, 5.41) is 3.04. The zero-order chi connectivity index (χ0) is 17.9. The molecule has 0 bridgehead atoms. The molecule has 1 atom stereocenters. The van der Waals surface area contributed by atoms with Gasteiger partial charge in [0.05, 0.1) is 0 Å². The highest BCUT2D eigenvalue weighted by Crippen LogP contribution is 2.27. The Balaban J connectivity index is 2.13. The Morgan fingerprint density at radius 1 is 0.958 bits per heavy atom. The average Bonchev–Trinajstić information content (AvgIpc) is 2.52. The summed E-state index contributed by atoms with van der Waals surface area (Å²) in [6, 6.07) is 12.0. The first-order valence-corrected chi connectivity index (χ1v) is 8.44. The number of ether oxygens (including phenoxy) is 1. The van der Waals surface area contributed by atoms with Gasteiger partial charge < -0.3 is 10.1 Å². The molecule has 128 valence electrons. The van der Waals surface area contributed by atoms with E-state index >= 15 is 0 Å². The summed E-state index contributed by atoms with van der Waals surface area (Å²) >= 11 is 0. The molecule has 0 aromatic heterocycles. The van der Waals surface area contributed by atoms with E-state index in [0.29, 0.717) is 5.92 Å². The number of para-hydroxylation sites is 1. The zero-order valence-corrected chi connectivity index (χ0v) is 15.4. The molecule has 24 heavy (non-hydrogen) atoms. The van der Waals surface area contributed by atoms with E-state index in [1.165, 1.54) is 5.56 Å². The molecule has 0 saturated heterocycles. The number of carbonyl (C=O) groups excluding carboxylic acids is 1. The normalized spacial score (nSPS) is 12.1. The number of amides is 1. The van der Waals surface area contributed by atoms with E-state index in [2.05, 4.69) is 32.2 Å². The van der Waals surface area contributed by atoms with Crippen LogP contribution in [0.15, 0.2) is 36.4 Å².